The van der Waals surface area contributed by atoms with Gasteiger partial charge in [0, 0.05) is 11.1 Å². The van der Waals surface area contributed by atoms with Gasteiger partial charge in [-0.25, -0.2) is 0 Å². The molecule has 0 aliphatic carbocycles. The zero-order valence-electron chi connectivity index (χ0n) is 22.9. The third kappa shape index (κ3) is 4.06. The van der Waals surface area contributed by atoms with Crippen LogP contribution in [0.5, 0.6) is 0 Å². The quantitative estimate of drug-likeness (QED) is 0.162. The first kappa shape index (κ1) is 24.3. The van der Waals surface area contributed by atoms with Crippen molar-refractivity contribution in [2.75, 3.05) is 0 Å². The first-order valence-electron chi connectivity index (χ1n) is 14.3. The van der Waals surface area contributed by atoms with Crippen molar-refractivity contribution >= 4 is 48.9 Å². The Bertz CT molecular complexity index is 2310. The SMILES string of the molecule is O=C(c1ccc2ccc3ccccc3c2c1)c1cc(-c2ccccc2)ccc1-c1ccc2ccc3ccccc3c2c1. The zero-order valence-corrected chi connectivity index (χ0v) is 22.9. The molecule has 0 unspecified atom stereocenters. The number of benzene rings is 8. The Morgan fingerprint density at radius 1 is 0.357 bits per heavy atom. The van der Waals surface area contributed by atoms with Crippen LogP contribution in [0.2, 0.25) is 0 Å². The summed E-state index contributed by atoms with van der Waals surface area (Å²) in [5.41, 5.74) is 5.49. The van der Waals surface area contributed by atoms with Gasteiger partial charge in [0.25, 0.3) is 0 Å². The summed E-state index contributed by atoms with van der Waals surface area (Å²) >= 11 is 0. The second-order valence-electron chi connectivity index (χ2n) is 10.9. The van der Waals surface area contributed by atoms with Gasteiger partial charge in [-0.3, -0.25) is 4.79 Å². The molecule has 0 fully saturated rings. The van der Waals surface area contributed by atoms with Gasteiger partial charge in [0.2, 0.25) is 0 Å². The minimum Gasteiger partial charge on any atom is -0.289 e. The second kappa shape index (κ2) is 9.83. The van der Waals surface area contributed by atoms with Crippen LogP contribution in [0.15, 0.2) is 158 Å². The fraction of sp³-hybridized carbons (Fsp3) is 0. The summed E-state index contributed by atoms with van der Waals surface area (Å²) in [5, 5.41) is 9.35. The molecule has 1 nitrogen and oxygen atoms in total. The van der Waals surface area contributed by atoms with Crippen molar-refractivity contribution in [3.8, 4) is 22.3 Å². The molecule has 0 spiro atoms. The Hall–Kier alpha value is -5.53. The van der Waals surface area contributed by atoms with E-state index in [1.54, 1.807) is 0 Å². The van der Waals surface area contributed by atoms with Crippen molar-refractivity contribution in [1.29, 1.82) is 0 Å². The van der Waals surface area contributed by atoms with Gasteiger partial charge in [0.15, 0.2) is 5.78 Å². The van der Waals surface area contributed by atoms with Crippen molar-refractivity contribution in [3.05, 3.63) is 169 Å². The Morgan fingerprint density at radius 3 is 1.57 bits per heavy atom. The lowest BCUT2D eigenvalue weighted by Crippen LogP contribution is -2.04. The minimum absolute atomic E-state index is 0.0237. The molecule has 0 atom stereocenters. The molecule has 0 amide bonds. The second-order valence-corrected chi connectivity index (χ2v) is 10.9. The van der Waals surface area contributed by atoms with Crippen LogP contribution in [-0.2, 0) is 0 Å². The fourth-order valence-electron chi connectivity index (χ4n) is 6.26. The van der Waals surface area contributed by atoms with Gasteiger partial charge in [-0.2, -0.15) is 0 Å². The van der Waals surface area contributed by atoms with Crippen molar-refractivity contribution in [1.82, 2.24) is 0 Å². The van der Waals surface area contributed by atoms with Gasteiger partial charge in [-0.05, 0) is 83.5 Å². The van der Waals surface area contributed by atoms with Crippen LogP contribution in [0.25, 0.3) is 65.3 Å². The van der Waals surface area contributed by atoms with Gasteiger partial charge < -0.3 is 0 Å². The number of ketones is 1. The predicted octanol–water partition coefficient (Wildman–Crippen LogP) is 10.9. The van der Waals surface area contributed by atoms with E-state index in [0.29, 0.717) is 11.1 Å². The highest BCUT2D eigenvalue weighted by Gasteiger charge is 2.18. The third-order valence-corrected chi connectivity index (χ3v) is 8.44. The lowest BCUT2D eigenvalue weighted by atomic mass is 9.88. The van der Waals surface area contributed by atoms with Crippen LogP contribution in [-0.4, -0.2) is 5.78 Å². The van der Waals surface area contributed by atoms with Crippen LogP contribution >= 0.6 is 0 Å². The molecule has 8 aromatic rings. The average Bonchev–Trinajstić information content (AvgIpc) is 3.07. The Labute approximate surface area is 244 Å². The topological polar surface area (TPSA) is 17.1 Å². The number of hydrogen-bond donors (Lipinski definition) is 0. The highest BCUT2D eigenvalue weighted by Crippen LogP contribution is 2.35. The average molecular weight is 535 g/mol. The van der Waals surface area contributed by atoms with E-state index in [2.05, 4.69) is 133 Å². The molecular weight excluding hydrogens is 508 g/mol. The lowest BCUT2D eigenvalue weighted by Gasteiger charge is -2.14. The molecule has 42 heavy (non-hydrogen) atoms. The van der Waals surface area contributed by atoms with Gasteiger partial charge >= 0.3 is 0 Å². The Balaban J connectivity index is 1.34. The largest absolute Gasteiger partial charge is 0.289 e. The van der Waals surface area contributed by atoms with E-state index in [1.807, 2.05) is 24.3 Å². The molecule has 0 N–H and O–H groups in total. The first-order chi connectivity index (χ1) is 20.7. The summed E-state index contributed by atoms with van der Waals surface area (Å²) in [6, 6.07) is 54.7. The third-order valence-electron chi connectivity index (χ3n) is 8.44. The molecule has 196 valence electrons. The Morgan fingerprint density at radius 2 is 0.881 bits per heavy atom. The van der Waals surface area contributed by atoms with Crippen LogP contribution in [0.4, 0.5) is 0 Å². The maximum atomic E-state index is 14.5. The summed E-state index contributed by atoms with van der Waals surface area (Å²) < 4.78 is 0. The predicted molar refractivity (Wildman–Crippen MR) is 177 cm³/mol. The van der Waals surface area contributed by atoms with E-state index >= 15 is 0 Å². The van der Waals surface area contributed by atoms with E-state index in [9.17, 15) is 4.79 Å². The van der Waals surface area contributed by atoms with Crippen molar-refractivity contribution in [3.63, 3.8) is 0 Å². The van der Waals surface area contributed by atoms with Gasteiger partial charge in [-0.15, -0.1) is 0 Å². The highest BCUT2D eigenvalue weighted by molar-refractivity contribution is 6.17. The normalized spacial score (nSPS) is 11.4. The van der Waals surface area contributed by atoms with E-state index < -0.39 is 0 Å². The molecule has 1 heteroatoms. The maximum absolute atomic E-state index is 14.5. The van der Waals surface area contributed by atoms with E-state index in [0.717, 1.165) is 38.4 Å². The summed E-state index contributed by atoms with van der Waals surface area (Å²) in [7, 11) is 0. The number of carbonyl (C=O) groups excluding carboxylic acids is 1. The van der Waals surface area contributed by atoms with Gasteiger partial charge in [-0.1, -0.05) is 140 Å². The summed E-state index contributed by atoms with van der Waals surface area (Å²) in [5.74, 6) is 0.0237. The molecule has 8 rings (SSSR count). The molecule has 8 aromatic carbocycles. The monoisotopic (exact) mass is 534 g/mol. The van der Waals surface area contributed by atoms with Crippen LogP contribution in [0, 0.1) is 0 Å². The van der Waals surface area contributed by atoms with E-state index in [1.165, 1.54) is 26.9 Å². The zero-order chi connectivity index (χ0) is 28.0. The Kier molecular flexibility index (Phi) is 5.68. The molecule has 0 saturated heterocycles. The molecule has 0 aliphatic heterocycles. The van der Waals surface area contributed by atoms with E-state index in [4.69, 9.17) is 0 Å². The van der Waals surface area contributed by atoms with E-state index in [-0.39, 0.29) is 5.78 Å². The molecule has 0 radical (unpaired) electrons. The molecule has 0 aromatic heterocycles. The van der Waals surface area contributed by atoms with Gasteiger partial charge in [0.05, 0.1) is 0 Å². The molecule has 0 bridgehead atoms. The number of carbonyl (C=O) groups is 1. The smallest absolute Gasteiger partial charge is 0.193 e. The molecule has 0 heterocycles. The van der Waals surface area contributed by atoms with Gasteiger partial charge in [0.1, 0.15) is 0 Å². The van der Waals surface area contributed by atoms with Crippen LogP contribution in [0.3, 0.4) is 0 Å². The van der Waals surface area contributed by atoms with Crippen molar-refractivity contribution < 1.29 is 4.79 Å². The molecular formula is C41H26O. The standard InChI is InChI=1S/C41H26O/c42-41(34-21-19-31-17-15-29-11-5-7-13-36(29)39(31)26-34)40-24-32(27-8-2-1-3-9-27)22-23-37(40)33-20-18-30-16-14-28-10-4-6-12-35(28)38(30)25-33/h1-26H. The number of hydrogen-bond acceptors (Lipinski definition) is 1. The summed E-state index contributed by atoms with van der Waals surface area (Å²) in [6.45, 7) is 0. The van der Waals surface area contributed by atoms with Crippen molar-refractivity contribution in [2.24, 2.45) is 0 Å². The first-order valence-corrected chi connectivity index (χ1v) is 14.3. The molecule has 0 saturated carbocycles. The minimum atomic E-state index is 0.0237. The summed E-state index contributed by atoms with van der Waals surface area (Å²) in [4.78, 5) is 14.5. The summed E-state index contributed by atoms with van der Waals surface area (Å²) in [6.07, 6.45) is 0. The van der Waals surface area contributed by atoms with Crippen molar-refractivity contribution in [2.45, 2.75) is 0 Å². The van der Waals surface area contributed by atoms with Crippen LogP contribution in [0.1, 0.15) is 15.9 Å². The molecule has 0 aliphatic rings. The number of rotatable bonds is 4. The van der Waals surface area contributed by atoms with Crippen LogP contribution < -0.4 is 0 Å². The maximum Gasteiger partial charge on any atom is 0.193 e. The lowest BCUT2D eigenvalue weighted by molar-refractivity contribution is 0.103. The highest BCUT2D eigenvalue weighted by atomic mass is 16.1. The fourth-order valence-corrected chi connectivity index (χ4v) is 6.26. The number of fused-ring (bicyclic) bond motifs is 6.